The van der Waals surface area contributed by atoms with Gasteiger partial charge < -0.3 is 10.4 Å². The molecule has 104 valence electrons. The van der Waals surface area contributed by atoms with Gasteiger partial charge >= 0.3 is 5.97 Å². The Balaban J connectivity index is 2.27. The van der Waals surface area contributed by atoms with Crippen LogP contribution in [-0.4, -0.2) is 17.0 Å². The lowest BCUT2D eigenvalue weighted by Gasteiger charge is -2.05. The maximum absolute atomic E-state index is 13.3. The molecule has 0 aliphatic rings. The third-order valence-corrected chi connectivity index (χ3v) is 3.77. The highest BCUT2D eigenvalue weighted by atomic mass is 35.5. The lowest BCUT2D eigenvalue weighted by Crippen LogP contribution is -2.13. The molecule has 4 nitrogen and oxygen atoms in total. The number of benzene rings is 1. The number of nitrogens with one attached hydrogen (secondary N) is 1. The number of carboxylic acid groups (broad SMARTS) is 1. The number of thiophene rings is 1. The highest BCUT2D eigenvalue weighted by molar-refractivity contribution is 7.16. The molecule has 0 aliphatic heterocycles. The molecule has 0 atom stereocenters. The van der Waals surface area contributed by atoms with Crippen molar-refractivity contribution in [1.29, 1.82) is 0 Å². The van der Waals surface area contributed by atoms with Gasteiger partial charge in [-0.2, -0.15) is 0 Å². The molecular weight excluding hydrogens is 305 g/mol. The van der Waals surface area contributed by atoms with E-state index in [1.54, 1.807) is 6.92 Å². The number of aromatic carboxylic acids is 1. The van der Waals surface area contributed by atoms with Gasteiger partial charge in [0.05, 0.1) is 10.6 Å². The number of amides is 1. The van der Waals surface area contributed by atoms with Crippen LogP contribution in [0.15, 0.2) is 24.3 Å². The molecule has 0 saturated carbocycles. The first-order chi connectivity index (χ1) is 9.38. The van der Waals surface area contributed by atoms with Crippen molar-refractivity contribution in [1.82, 2.24) is 0 Å². The summed E-state index contributed by atoms with van der Waals surface area (Å²) in [5.41, 5.74) is 0.0737. The molecule has 2 N–H and O–H groups in total. The number of hydrogen-bond donors (Lipinski definition) is 2. The summed E-state index contributed by atoms with van der Waals surface area (Å²) >= 11 is 6.67. The van der Waals surface area contributed by atoms with E-state index in [4.69, 9.17) is 16.7 Å². The Morgan fingerprint density at radius 3 is 2.65 bits per heavy atom. The Kier molecular flexibility index (Phi) is 4.06. The van der Waals surface area contributed by atoms with Crippen LogP contribution in [-0.2, 0) is 0 Å². The normalized spacial score (nSPS) is 10.3. The Bertz CT molecular complexity index is 699. The molecule has 2 rings (SSSR count). The number of carbonyl (C=O) groups excluding carboxylic acids is 1. The molecule has 1 aromatic heterocycles. The first-order valence-corrected chi connectivity index (χ1v) is 6.68. The van der Waals surface area contributed by atoms with E-state index >= 15 is 0 Å². The minimum absolute atomic E-state index is 0.00952. The summed E-state index contributed by atoms with van der Waals surface area (Å²) in [4.78, 5) is 23.7. The first-order valence-electron chi connectivity index (χ1n) is 5.48. The van der Waals surface area contributed by atoms with Crippen molar-refractivity contribution in [2.45, 2.75) is 6.92 Å². The predicted octanol–water partition coefficient (Wildman–Crippen LogP) is 3.80. The largest absolute Gasteiger partial charge is 0.478 e. The van der Waals surface area contributed by atoms with Crippen molar-refractivity contribution in [3.8, 4) is 0 Å². The highest BCUT2D eigenvalue weighted by Gasteiger charge is 2.17. The number of carboxylic acids is 1. The summed E-state index contributed by atoms with van der Waals surface area (Å²) in [5, 5.41) is 11.6. The summed E-state index contributed by atoms with van der Waals surface area (Å²) < 4.78 is 13.3. The van der Waals surface area contributed by atoms with E-state index in [2.05, 4.69) is 5.32 Å². The minimum Gasteiger partial charge on any atom is -0.478 e. The van der Waals surface area contributed by atoms with Crippen LogP contribution >= 0.6 is 22.9 Å². The number of carbonyl (C=O) groups is 2. The summed E-state index contributed by atoms with van der Waals surface area (Å²) in [6, 6.07) is 5.09. The van der Waals surface area contributed by atoms with Crippen molar-refractivity contribution in [3.63, 3.8) is 0 Å². The average Bonchev–Trinajstić information content (AvgIpc) is 2.73. The third-order valence-electron chi connectivity index (χ3n) is 2.49. The van der Waals surface area contributed by atoms with Gasteiger partial charge in [-0.25, -0.2) is 9.18 Å². The van der Waals surface area contributed by atoms with Gasteiger partial charge in [0, 0.05) is 10.4 Å². The standard InChI is InChI=1S/C13H9ClFNO3S/c1-6-4-8(13(18)19)12(20-6)16-11(17)7-2-3-9(14)10(15)5-7/h2-5H,1H3,(H,16,17)(H,18,19). The van der Waals surface area contributed by atoms with Crippen molar-refractivity contribution in [2.24, 2.45) is 0 Å². The zero-order chi connectivity index (χ0) is 14.9. The quantitative estimate of drug-likeness (QED) is 0.905. The monoisotopic (exact) mass is 313 g/mol. The van der Waals surface area contributed by atoms with Crippen molar-refractivity contribution in [3.05, 3.63) is 51.1 Å². The molecule has 0 unspecified atom stereocenters. The SMILES string of the molecule is Cc1cc(C(=O)O)c(NC(=O)c2ccc(Cl)c(F)c2)s1. The van der Waals surface area contributed by atoms with Crippen LogP contribution in [0.5, 0.6) is 0 Å². The molecule has 1 heterocycles. The zero-order valence-electron chi connectivity index (χ0n) is 10.2. The molecule has 0 fully saturated rings. The molecule has 1 amide bonds. The lowest BCUT2D eigenvalue weighted by atomic mass is 10.2. The van der Waals surface area contributed by atoms with Crippen molar-refractivity contribution < 1.29 is 19.1 Å². The fourth-order valence-corrected chi connectivity index (χ4v) is 2.59. The fourth-order valence-electron chi connectivity index (χ4n) is 1.58. The summed E-state index contributed by atoms with van der Waals surface area (Å²) in [7, 11) is 0. The predicted molar refractivity (Wildman–Crippen MR) is 75.4 cm³/mol. The van der Waals surface area contributed by atoms with Gasteiger partial charge in [0.15, 0.2) is 0 Å². The van der Waals surface area contributed by atoms with E-state index < -0.39 is 17.7 Å². The van der Waals surface area contributed by atoms with Gasteiger partial charge in [-0.15, -0.1) is 11.3 Å². The second-order valence-corrected chi connectivity index (χ2v) is 5.65. The molecule has 1 aromatic carbocycles. The van der Waals surface area contributed by atoms with E-state index in [9.17, 15) is 14.0 Å². The number of rotatable bonds is 3. The van der Waals surface area contributed by atoms with E-state index in [1.165, 1.54) is 18.2 Å². The van der Waals surface area contributed by atoms with Gasteiger partial charge in [0.2, 0.25) is 0 Å². The van der Waals surface area contributed by atoms with Gasteiger partial charge in [-0.3, -0.25) is 4.79 Å². The van der Waals surface area contributed by atoms with Crippen molar-refractivity contribution >= 4 is 39.8 Å². The topological polar surface area (TPSA) is 66.4 Å². The van der Waals surface area contributed by atoms with Crippen LogP contribution in [0.4, 0.5) is 9.39 Å². The number of halogens is 2. The molecular formula is C13H9ClFNO3S. The Hall–Kier alpha value is -1.92. The Morgan fingerprint density at radius 1 is 1.35 bits per heavy atom. The summed E-state index contributed by atoms with van der Waals surface area (Å²) in [6.45, 7) is 1.73. The highest BCUT2D eigenvalue weighted by Crippen LogP contribution is 2.28. The summed E-state index contributed by atoms with van der Waals surface area (Å²) in [6.07, 6.45) is 0. The van der Waals surface area contributed by atoms with Crippen LogP contribution in [0.2, 0.25) is 5.02 Å². The maximum atomic E-state index is 13.3. The maximum Gasteiger partial charge on any atom is 0.338 e. The van der Waals surface area contributed by atoms with Crippen LogP contribution in [0.1, 0.15) is 25.6 Å². The number of anilines is 1. The van der Waals surface area contributed by atoms with E-state index in [0.29, 0.717) is 0 Å². The molecule has 2 aromatic rings. The molecule has 0 radical (unpaired) electrons. The Labute approximate surface area is 122 Å². The third kappa shape index (κ3) is 2.97. The van der Waals surface area contributed by atoms with Crippen LogP contribution in [0.3, 0.4) is 0 Å². The van der Waals surface area contributed by atoms with Gasteiger partial charge in [0.25, 0.3) is 5.91 Å². The number of aryl methyl sites for hydroxylation is 1. The van der Waals surface area contributed by atoms with Gasteiger partial charge in [-0.05, 0) is 31.2 Å². The van der Waals surface area contributed by atoms with Crippen molar-refractivity contribution in [2.75, 3.05) is 5.32 Å². The number of hydrogen-bond acceptors (Lipinski definition) is 3. The van der Waals surface area contributed by atoms with Crippen LogP contribution in [0, 0.1) is 12.7 Å². The van der Waals surface area contributed by atoms with Gasteiger partial charge in [-0.1, -0.05) is 11.6 Å². The average molecular weight is 314 g/mol. The molecule has 7 heteroatoms. The second kappa shape index (κ2) is 5.60. The van der Waals surface area contributed by atoms with Crippen LogP contribution in [0.25, 0.3) is 0 Å². The second-order valence-electron chi connectivity index (χ2n) is 3.99. The lowest BCUT2D eigenvalue weighted by molar-refractivity contribution is 0.0698. The molecule has 0 saturated heterocycles. The van der Waals surface area contributed by atoms with E-state index in [1.807, 2.05) is 0 Å². The molecule has 0 bridgehead atoms. The zero-order valence-corrected chi connectivity index (χ0v) is 11.8. The first kappa shape index (κ1) is 14.5. The van der Waals surface area contributed by atoms with E-state index in [0.717, 1.165) is 22.3 Å². The molecule has 20 heavy (non-hydrogen) atoms. The minimum atomic E-state index is -1.13. The van der Waals surface area contributed by atoms with Crippen LogP contribution < -0.4 is 5.32 Å². The smallest absolute Gasteiger partial charge is 0.338 e. The summed E-state index contributed by atoms with van der Waals surface area (Å²) in [5.74, 6) is -2.43. The molecule has 0 spiro atoms. The molecule has 0 aliphatic carbocycles. The fraction of sp³-hybridized carbons (Fsp3) is 0.0769. The Morgan fingerprint density at radius 2 is 2.05 bits per heavy atom. The van der Waals surface area contributed by atoms with Gasteiger partial charge in [0.1, 0.15) is 10.8 Å². The van der Waals surface area contributed by atoms with E-state index in [-0.39, 0.29) is 21.2 Å².